The average Bonchev–Trinajstić information content (AvgIpc) is 3.22. The molecule has 8 aromatic rings. The average molecular weight is 943 g/mol. The van der Waals surface area contributed by atoms with Crippen LogP contribution in [0, 0.1) is 0 Å². The molecule has 264 valence electrons. The van der Waals surface area contributed by atoms with E-state index in [2.05, 4.69) is 243 Å². The molecule has 2 nitrogen and oxygen atoms in total. The van der Waals surface area contributed by atoms with Crippen molar-refractivity contribution in [2.24, 2.45) is 0 Å². The van der Waals surface area contributed by atoms with Crippen molar-refractivity contribution in [2.45, 2.75) is 0 Å². The molecular formula is C48H44Ge4O2. The Hall–Kier alpha value is -4.15. The van der Waals surface area contributed by atoms with Crippen molar-refractivity contribution in [3.05, 3.63) is 243 Å². The van der Waals surface area contributed by atoms with Crippen molar-refractivity contribution in [2.75, 3.05) is 0 Å². The van der Waals surface area contributed by atoms with Crippen molar-refractivity contribution in [3.8, 4) is 0 Å². The standard InChI is InChI=1S/4C12H10Ge.2H2O/c4*1-3-7-11(8-4-1)13-12-9-5-2-6-10-12;;/h4*1-10H;2*1H2. The summed E-state index contributed by atoms with van der Waals surface area (Å²) in [6, 6.07) is 85.8. The Morgan fingerprint density at radius 3 is 0.333 bits per heavy atom. The van der Waals surface area contributed by atoms with Gasteiger partial charge in [0.1, 0.15) is 0 Å². The van der Waals surface area contributed by atoms with Crippen LogP contribution in [0.5, 0.6) is 0 Å². The van der Waals surface area contributed by atoms with E-state index in [0.29, 0.717) is 0 Å². The van der Waals surface area contributed by atoms with Crippen LogP contribution in [0.25, 0.3) is 0 Å². The molecule has 0 fully saturated rings. The predicted molar refractivity (Wildman–Crippen MR) is 239 cm³/mol. The molecule has 4 N–H and O–H groups in total. The van der Waals surface area contributed by atoms with Gasteiger partial charge in [-0.25, -0.2) is 0 Å². The van der Waals surface area contributed by atoms with E-state index in [1.54, 1.807) is 0 Å². The molecule has 0 bridgehead atoms. The van der Waals surface area contributed by atoms with Crippen LogP contribution in [-0.2, 0) is 0 Å². The zero-order valence-electron chi connectivity index (χ0n) is 30.1. The molecule has 0 aliphatic carbocycles. The Labute approximate surface area is 347 Å². The first-order valence-electron chi connectivity index (χ1n) is 17.3. The van der Waals surface area contributed by atoms with E-state index in [0.717, 1.165) is 0 Å². The van der Waals surface area contributed by atoms with E-state index < -0.39 is 0 Å². The third-order valence-electron chi connectivity index (χ3n) is 7.35. The van der Waals surface area contributed by atoms with Crippen molar-refractivity contribution in [1.29, 1.82) is 0 Å². The van der Waals surface area contributed by atoms with Gasteiger partial charge >= 0.3 is 340 Å². The summed E-state index contributed by atoms with van der Waals surface area (Å²) in [6.45, 7) is 0. The van der Waals surface area contributed by atoms with Crippen LogP contribution in [0.15, 0.2) is 243 Å². The van der Waals surface area contributed by atoms with E-state index in [1.807, 2.05) is 0 Å². The molecule has 0 aliphatic heterocycles. The number of benzene rings is 8. The van der Waals surface area contributed by atoms with E-state index >= 15 is 0 Å². The molecule has 0 aromatic heterocycles. The van der Waals surface area contributed by atoms with Gasteiger partial charge in [0.15, 0.2) is 0 Å². The number of rotatable bonds is 8. The summed E-state index contributed by atoms with van der Waals surface area (Å²) in [7, 11) is 0. The fourth-order valence-corrected chi connectivity index (χ4v) is 13.7. The molecule has 0 saturated carbocycles. The molecular weight excluding hydrogens is 899 g/mol. The quantitative estimate of drug-likeness (QED) is 0.209. The first-order valence-corrected chi connectivity index (χ1v) is 25.7. The van der Waals surface area contributed by atoms with Gasteiger partial charge in [-0.15, -0.1) is 0 Å². The molecule has 8 rings (SSSR count). The predicted octanol–water partition coefficient (Wildman–Crippen LogP) is 3.72. The summed E-state index contributed by atoms with van der Waals surface area (Å²) in [5.41, 5.74) is 0. The van der Waals surface area contributed by atoms with Gasteiger partial charge in [-0.2, -0.15) is 0 Å². The van der Waals surface area contributed by atoms with Gasteiger partial charge in [0.05, 0.1) is 0 Å². The normalized spacial score (nSPS) is 9.48. The van der Waals surface area contributed by atoms with Crippen LogP contribution in [0.4, 0.5) is 0 Å². The SMILES string of the molecule is O.O.c1cc[c]([Ge][c]2ccccc2)cc1.c1cc[c]([Ge][c]2ccccc2)cc1.c1cc[c]([Ge][c]2ccccc2)cc1.c1cc[c]([Ge][c]2ccccc2)cc1. The summed E-state index contributed by atoms with van der Waals surface area (Å²) in [5.74, 6) is 0. The molecule has 54 heavy (non-hydrogen) atoms. The third kappa shape index (κ3) is 18.3. The van der Waals surface area contributed by atoms with Gasteiger partial charge in [-0.05, 0) is 0 Å². The fraction of sp³-hybridized carbons (Fsp3) is 0. The van der Waals surface area contributed by atoms with Gasteiger partial charge in [0, 0.05) is 0 Å². The molecule has 0 amide bonds. The van der Waals surface area contributed by atoms with Gasteiger partial charge in [0.25, 0.3) is 0 Å². The third-order valence-corrected chi connectivity index (χ3v) is 17.8. The van der Waals surface area contributed by atoms with Crippen molar-refractivity contribution >= 4 is 96.9 Å². The molecule has 0 atom stereocenters. The van der Waals surface area contributed by atoms with Crippen molar-refractivity contribution < 1.29 is 11.0 Å². The Morgan fingerprint density at radius 2 is 0.241 bits per heavy atom. The van der Waals surface area contributed by atoms with Crippen LogP contribution in [-0.4, -0.2) is 72.7 Å². The maximum atomic E-state index is 2.22. The topological polar surface area (TPSA) is 63.0 Å². The van der Waals surface area contributed by atoms with Crippen LogP contribution in [0.1, 0.15) is 0 Å². The summed E-state index contributed by atoms with van der Waals surface area (Å²) in [5, 5.41) is 0. The Kier molecular flexibility index (Phi) is 22.5. The minimum absolute atomic E-state index is 0. The molecule has 0 spiro atoms. The van der Waals surface area contributed by atoms with Crippen LogP contribution in [0.2, 0.25) is 0 Å². The van der Waals surface area contributed by atoms with Gasteiger partial charge in [-0.1, -0.05) is 0 Å². The summed E-state index contributed by atoms with van der Waals surface area (Å²) in [4.78, 5) is 0. The fourth-order valence-electron chi connectivity index (χ4n) is 4.84. The Bertz CT molecular complexity index is 1580. The summed E-state index contributed by atoms with van der Waals surface area (Å²) < 4.78 is 12.0. The van der Waals surface area contributed by atoms with E-state index in [-0.39, 0.29) is 72.7 Å². The van der Waals surface area contributed by atoms with E-state index in [9.17, 15) is 0 Å². The van der Waals surface area contributed by atoms with E-state index in [1.165, 1.54) is 35.2 Å². The molecule has 0 unspecified atom stereocenters. The van der Waals surface area contributed by atoms with Crippen molar-refractivity contribution in [3.63, 3.8) is 0 Å². The Morgan fingerprint density at radius 1 is 0.148 bits per heavy atom. The molecule has 8 radical (unpaired) electrons. The maximum absolute atomic E-state index is 2.22. The molecule has 6 heteroatoms. The van der Waals surface area contributed by atoms with Gasteiger partial charge in [-0.3, -0.25) is 0 Å². The molecule has 0 heterocycles. The Balaban J connectivity index is 0.000000191. The van der Waals surface area contributed by atoms with Gasteiger partial charge < -0.3 is 11.0 Å². The molecule has 0 aliphatic rings. The second-order valence-corrected chi connectivity index (χ2v) is 23.2. The summed E-state index contributed by atoms with van der Waals surface area (Å²) in [6.07, 6.45) is 0. The van der Waals surface area contributed by atoms with Crippen LogP contribution >= 0.6 is 0 Å². The second kappa shape index (κ2) is 27.4. The van der Waals surface area contributed by atoms with Gasteiger partial charge in [0.2, 0.25) is 0 Å². The first kappa shape index (κ1) is 44.2. The van der Waals surface area contributed by atoms with Crippen LogP contribution in [0.3, 0.4) is 0 Å². The zero-order valence-corrected chi connectivity index (χ0v) is 38.5. The number of hydrogen-bond donors (Lipinski definition) is 0. The second-order valence-electron chi connectivity index (χ2n) is 11.4. The molecule has 0 saturated heterocycles. The number of hydrogen-bond acceptors (Lipinski definition) is 0. The summed E-state index contributed by atoms with van der Waals surface area (Å²) >= 11 is -0.431. The monoisotopic (exact) mass is 948 g/mol. The van der Waals surface area contributed by atoms with Crippen LogP contribution < -0.4 is 35.2 Å². The first-order chi connectivity index (χ1) is 25.8. The molecule has 8 aromatic carbocycles. The van der Waals surface area contributed by atoms with Crippen molar-refractivity contribution in [1.82, 2.24) is 0 Å². The minimum atomic E-state index is -0.108. The zero-order chi connectivity index (χ0) is 35.7. The van der Waals surface area contributed by atoms with E-state index in [4.69, 9.17) is 0 Å².